The van der Waals surface area contributed by atoms with Crippen LogP contribution in [0.25, 0.3) is 0 Å². The van der Waals surface area contributed by atoms with Crippen molar-refractivity contribution in [2.24, 2.45) is 0 Å². The quantitative estimate of drug-likeness (QED) is 0.868. The Hall–Kier alpha value is -3.03. The van der Waals surface area contributed by atoms with E-state index in [0.29, 0.717) is 50.1 Å². The molecule has 2 aromatic rings. The maximum Gasteiger partial charge on any atom is 0.409 e. The van der Waals surface area contributed by atoms with Crippen LogP contribution in [0.15, 0.2) is 30.6 Å². The molecule has 2 heterocycles. The molecule has 0 unspecified atom stereocenters. The number of nitrogens with one attached hydrogen (secondary N) is 1. The first kappa shape index (κ1) is 17.8. The highest BCUT2D eigenvalue weighted by atomic mass is 16.6. The van der Waals surface area contributed by atoms with Crippen molar-refractivity contribution in [1.29, 1.82) is 0 Å². The minimum atomic E-state index is -0.274. The summed E-state index contributed by atoms with van der Waals surface area (Å²) >= 11 is 0. The van der Waals surface area contributed by atoms with E-state index in [-0.39, 0.29) is 6.09 Å². The molecule has 138 valence electrons. The molecule has 3 N–H and O–H groups in total. The second kappa shape index (κ2) is 7.90. The van der Waals surface area contributed by atoms with Gasteiger partial charge < -0.3 is 25.6 Å². The summed E-state index contributed by atoms with van der Waals surface area (Å²) in [5.74, 6) is 1.26. The fourth-order valence-corrected chi connectivity index (χ4v) is 2.91. The monoisotopic (exact) mass is 356 g/mol. The van der Waals surface area contributed by atoms with Crippen LogP contribution in [-0.4, -0.2) is 53.7 Å². The highest BCUT2D eigenvalue weighted by Crippen LogP contribution is 2.29. The molecule has 0 atom stereocenters. The number of aromatic nitrogens is 2. The molecule has 1 saturated heterocycles. The minimum Gasteiger partial charge on any atom is -0.450 e. The number of hydrogen-bond acceptors (Lipinski definition) is 7. The van der Waals surface area contributed by atoms with Gasteiger partial charge in [-0.25, -0.2) is 14.8 Å². The highest BCUT2D eigenvalue weighted by Gasteiger charge is 2.24. The summed E-state index contributed by atoms with van der Waals surface area (Å²) in [4.78, 5) is 24.2. The zero-order chi connectivity index (χ0) is 18.5. The lowest BCUT2D eigenvalue weighted by molar-refractivity contribution is 0.105. The summed E-state index contributed by atoms with van der Waals surface area (Å²) in [6, 6.07) is 8.00. The molecule has 8 heteroatoms. The molecule has 1 amide bonds. The Morgan fingerprint density at radius 2 is 2.04 bits per heavy atom. The predicted octanol–water partition coefficient (Wildman–Crippen LogP) is 2.39. The third kappa shape index (κ3) is 3.96. The van der Waals surface area contributed by atoms with Gasteiger partial charge in [0.15, 0.2) is 11.6 Å². The van der Waals surface area contributed by atoms with Crippen molar-refractivity contribution in [1.82, 2.24) is 14.9 Å². The van der Waals surface area contributed by atoms with Crippen molar-refractivity contribution in [2.75, 3.05) is 48.7 Å². The fourth-order valence-electron chi connectivity index (χ4n) is 2.91. The number of piperazine rings is 1. The number of rotatable bonds is 4. The van der Waals surface area contributed by atoms with Gasteiger partial charge in [-0.3, -0.25) is 0 Å². The molecule has 0 saturated carbocycles. The van der Waals surface area contributed by atoms with Crippen molar-refractivity contribution in [2.45, 2.75) is 13.8 Å². The van der Waals surface area contributed by atoms with E-state index < -0.39 is 0 Å². The van der Waals surface area contributed by atoms with Crippen molar-refractivity contribution < 1.29 is 9.53 Å². The summed E-state index contributed by atoms with van der Waals surface area (Å²) in [7, 11) is 0. The first-order valence-corrected chi connectivity index (χ1v) is 8.69. The molecule has 1 fully saturated rings. The standard InChI is InChI=1S/C18H24N6O2/c1-3-26-18(25)24-9-7-23(8-10-24)17-15(19)16(20-12-21-17)22-14-6-4-5-13(2)11-14/h4-6,11-12H,3,7-10,19H2,1-2H3,(H,20,21,22). The zero-order valence-corrected chi connectivity index (χ0v) is 15.1. The van der Waals surface area contributed by atoms with Gasteiger partial charge in [-0.05, 0) is 31.5 Å². The summed E-state index contributed by atoms with van der Waals surface area (Å²) in [5.41, 5.74) is 8.88. The number of anilines is 4. The Morgan fingerprint density at radius 1 is 1.27 bits per heavy atom. The third-order valence-corrected chi connectivity index (χ3v) is 4.25. The van der Waals surface area contributed by atoms with Crippen LogP contribution in [0.4, 0.5) is 27.8 Å². The Bertz CT molecular complexity index is 774. The number of aryl methyl sites for hydroxylation is 1. The van der Waals surface area contributed by atoms with E-state index in [9.17, 15) is 4.79 Å². The molecule has 3 rings (SSSR count). The van der Waals surface area contributed by atoms with Crippen molar-refractivity contribution in [3.8, 4) is 0 Å². The number of nitrogen functional groups attached to an aromatic ring is 1. The van der Waals surface area contributed by atoms with Gasteiger partial charge in [0, 0.05) is 31.9 Å². The molecule has 26 heavy (non-hydrogen) atoms. The van der Waals surface area contributed by atoms with Gasteiger partial charge in [-0.15, -0.1) is 0 Å². The molecular weight excluding hydrogens is 332 g/mol. The van der Waals surface area contributed by atoms with Gasteiger partial charge in [-0.1, -0.05) is 12.1 Å². The lowest BCUT2D eigenvalue weighted by atomic mass is 10.2. The lowest BCUT2D eigenvalue weighted by Gasteiger charge is -2.35. The van der Waals surface area contributed by atoms with E-state index in [0.717, 1.165) is 11.3 Å². The zero-order valence-electron chi connectivity index (χ0n) is 15.1. The van der Waals surface area contributed by atoms with Gasteiger partial charge in [0.25, 0.3) is 0 Å². The van der Waals surface area contributed by atoms with Crippen LogP contribution < -0.4 is 16.0 Å². The van der Waals surface area contributed by atoms with Crippen LogP contribution in [0.3, 0.4) is 0 Å². The largest absolute Gasteiger partial charge is 0.450 e. The maximum atomic E-state index is 11.8. The van der Waals surface area contributed by atoms with Crippen molar-refractivity contribution in [3.63, 3.8) is 0 Å². The molecule has 1 aliphatic rings. The first-order chi connectivity index (χ1) is 12.6. The Labute approximate surface area is 153 Å². The normalized spacial score (nSPS) is 14.2. The maximum absolute atomic E-state index is 11.8. The molecule has 8 nitrogen and oxygen atoms in total. The van der Waals surface area contributed by atoms with Crippen LogP contribution >= 0.6 is 0 Å². The number of ether oxygens (including phenoxy) is 1. The van der Waals surface area contributed by atoms with E-state index in [4.69, 9.17) is 10.5 Å². The van der Waals surface area contributed by atoms with Crippen molar-refractivity contribution >= 4 is 29.1 Å². The highest BCUT2D eigenvalue weighted by molar-refractivity contribution is 5.78. The van der Waals surface area contributed by atoms with Crippen LogP contribution in [0.5, 0.6) is 0 Å². The van der Waals surface area contributed by atoms with E-state index in [1.54, 1.807) is 11.8 Å². The van der Waals surface area contributed by atoms with Crippen LogP contribution in [0.2, 0.25) is 0 Å². The molecule has 0 radical (unpaired) electrons. The Kier molecular flexibility index (Phi) is 5.40. The number of carbonyl (C=O) groups is 1. The number of nitrogens with zero attached hydrogens (tertiary/aromatic N) is 4. The fraction of sp³-hybridized carbons (Fsp3) is 0.389. The molecule has 1 aliphatic heterocycles. The van der Waals surface area contributed by atoms with Gasteiger partial charge in [0.2, 0.25) is 0 Å². The molecule has 0 spiro atoms. The second-order valence-electron chi connectivity index (χ2n) is 6.13. The SMILES string of the molecule is CCOC(=O)N1CCN(c2ncnc(Nc3cccc(C)c3)c2N)CC1. The van der Waals surface area contributed by atoms with Gasteiger partial charge in [0.05, 0.1) is 6.61 Å². The van der Waals surface area contributed by atoms with Gasteiger partial charge in [0.1, 0.15) is 12.0 Å². The average molecular weight is 356 g/mol. The molecular formula is C18H24N6O2. The summed E-state index contributed by atoms with van der Waals surface area (Å²) in [6.45, 7) is 6.65. The van der Waals surface area contributed by atoms with Crippen LogP contribution in [0.1, 0.15) is 12.5 Å². The van der Waals surface area contributed by atoms with E-state index in [1.807, 2.05) is 31.2 Å². The van der Waals surface area contributed by atoms with E-state index >= 15 is 0 Å². The van der Waals surface area contributed by atoms with Crippen molar-refractivity contribution in [3.05, 3.63) is 36.2 Å². The predicted molar refractivity (Wildman–Crippen MR) is 102 cm³/mol. The van der Waals surface area contributed by atoms with Gasteiger partial charge >= 0.3 is 6.09 Å². The summed E-state index contributed by atoms with van der Waals surface area (Å²) in [5, 5.41) is 3.25. The Morgan fingerprint density at radius 3 is 2.73 bits per heavy atom. The second-order valence-corrected chi connectivity index (χ2v) is 6.13. The third-order valence-electron chi connectivity index (χ3n) is 4.25. The number of amides is 1. The number of nitrogens with two attached hydrogens (primary N) is 1. The van der Waals surface area contributed by atoms with Crippen LogP contribution in [-0.2, 0) is 4.74 Å². The van der Waals surface area contributed by atoms with E-state index in [2.05, 4.69) is 20.2 Å². The molecule has 0 aliphatic carbocycles. The summed E-state index contributed by atoms with van der Waals surface area (Å²) < 4.78 is 5.05. The van der Waals surface area contributed by atoms with E-state index in [1.165, 1.54) is 6.33 Å². The Balaban J connectivity index is 1.71. The minimum absolute atomic E-state index is 0.274. The lowest BCUT2D eigenvalue weighted by Crippen LogP contribution is -2.49. The average Bonchev–Trinajstić information content (AvgIpc) is 2.64. The van der Waals surface area contributed by atoms with Crippen LogP contribution in [0, 0.1) is 6.92 Å². The topological polar surface area (TPSA) is 96.6 Å². The number of carbonyl (C=O) groups excluding carboxylic acids is 1. The first-order valence-electron chi connectivity index (χ1n) is 8.69. The number of hydrogen-bond donors (Lipinski definition) is 2. The molecule has 0 bridgehead atoms. The smallest absolute Gasteiger partial charge is 0.409 e. The molecule has 1 aromatic heterocycles. The summed E-state index contributed by atoms with van der Waals surface area (Å²) in [6.07, 6.45) is 1.23. The van der Waals surface area contributed by atoms with Gasteiger partial charge in [-0.2, -0.15) is 0 Å². The number of benzene rings is 1. The molecule has 1 aromatic carbocycles.